The Kier molecular flexibility index (Phi) is 5.62. The minimum atomic E-state index is -0.798. The molecule has 5 nitrogen and oxygen atoms in total. The fraction of sp³-hybridized carbons (Fsp3) is 0.875. The molecule has 0 aromatic heterocycles. The van der Waals surface area contributed by atoms with Gasteiger partial charge in [0.2, 0.25) is 5.91 Å². The van der Waals surface area contributed by atoms with Crippen LogP contribution in [0.15, 0.2) is 0 Å². The molecular formula is C16H28N2O3. The van der Waals surface area contributed by atoms with Crippen LogP contribution in [0, 0.1) is 23.7 Å². The maximum Gasteiger partial charge on any atom is 0.307 e. The molecule has 2 aliphatic rings. The number of hydrogen-bond donors (Lipinski definition) is 2. The summed E-state index contributed by atoms with van der Waals surface area (Å²) in [6, 6.07) is 0. The van der Waals surface area contributed by atoms with Gasteiger partial charge in [0.05, 0.1) is 11.8 Å². The molecule has 4 atom stereocenters. The predicted octanol–water partition coefficient (Wildman–Crippen LogP) is 1.58. The number of hydrogen-bond acceptors (Lipinski definition) is 3. The van der Waals surface area contributed by atoms with E-state index >= 15 is 0 Å². The summed E-state index contributed by atoms with van der Waals surface area (Å²) < 4.78 is 0. The number of nitrogens with one attached hydrogen (secondary N) is 1. The van der Waals surface area contributed by atoms with Crippen LogP contribution in [-0.4, -0.2) is 48.6 Å². The number of carboxylic acids is 1. The lowest BCUT2D eigenvalue weighted by Crippen LogP contribution is -2.46. The number of carbonyl (C=O) groups is 2. The zero-order valence-electron chi connectivity index (χ0n) is 13.2. The number of carboxylic acid groups (broad SMARTS) is 1. The molecule has 0 aromatic carbocycles. The first kappa shape index (κ1) is 16.3. The number of aliphatic carboxylic acids is 1. The van der Waals surface area contributed by atoms with Gasteiger partial charge in [-0.1, -0.05) is 13.3 Å². The van der Waals surface area contributed by atoms with Gasteiger partial charge < -0.3 is 15.3 Å². The Hall–Kier alpha value is -1.10. The van der Waals surface area contributed by atoms with E-state index in [1.54, 1.807) is 0 Å². The summed E-state index contributed by atoms with van der Waals surface area (Å²) in [6.07, 6.45) is 4.56. The number of likely N-dealkylation sites (tertiary alicyclic amines) is 1. The quantitative estimate of drug-likeness (QED) is 0.808. The molecule has 21 heavy (non-hydrogen) atoms. The van der Waals surface area contributed by atoms with Gasteiger partial charge in [0.15, 0.2) is 0 Å². The molecule has 0 bridgehead atoms. The van der Waals surface area contributed by atoms with Gasteiger partial charge in [-0.3, -0.25) is 9.59 Å². The average molecular weight is 296 g/mol. The number of piperidine rings is 1. The Morgan fingerprint density at radius 2 is 1.95 bits per heavy atom. The molecule has 5 heteroatoms. The molecule has 1 aliphatic heterocycles. The smallest absolute Gasteiger partial charge is 0.307 e. The third kappa shape index (κ3) is 3.76. The molecule has 120 valence electrons. The van der Waals surface area contributed by atoms with Gasteiger partial charge in [-0.05, 0) is 51.1 Å². The first-order valence-electron chi connectivity index (χ1n) is 8.23. The van der Waals surface area contributed by atoms with Gasteiger partial charge >= 0.3 is 5.97 Å². The van der Waals surface area contributed by atoms with Gasteiger partial charge in [0, 0.05) is 13.1 Å². The Labute approximate surface area is 127 Å². The van der Waals surface area contributed by atoms with Crippen LogP contribution < -0.4 is 5.32 Å². The van der Waals surface area contributed by atoms with E-state index < -0.39 is 11.9 Å². The molecule has 2 unspecified atom stereocenters. The zero-order valence-corrected chi connectivity index (χ0v) is 13.2. The molecule has 1 saturated heterocycles. The third-order valence-corrected chi connectivity index (χ3v) is 5.20. The highest BCUT2D eigenvalue weighted by atomic mass is 16.4. The summed E-state index contributed by atoms with van der Waals surface area (Å²) in [7, 11) is 1.93. The molecule has 2 rings (SSSR count). The lowest BCUT2D eigenvalue weighted by molar-refractivity contribution is -0.149. The minimum Gasteiger partial charge on any atom is -0.481 e. The highest BCUT2D eigenvalue weighted by Gasteiger charge is 2.44. The van der Waals surface area contributed by atoms with Gasteiger partial charge in [0.1, 0.15) is 0 Å². The second-order valence-corrected chi connectivity index (χ2v) is 6.65. The predicted molar refractivity (Wildman–Crippen MR) is 80.9 cm³/mol. The molecule has 1 aliphatic carbocycles. The monoisotopic (exact) mass is 296 g/mol. The first-order chi connectivity index (χ1) is 10.1. The summed E-state index contributed by atoms with van der Waals surface area (Å²) in [4.78, 5) is 26.1. The van der Waals surface area contributed by atoms with Crippen LogP contribution in [-0.2, 0) is 9.59 Å². The maximum atomic E-state index is 12.8. The molecule has 0 aromatic rings. The normalized spacial score (nSPS) is 33.1. The van der Waals surface area contributed by atoms with Gasteiger partial charge in [-0.25, -0.2) is 0 Å². The summed E-state index contributed by atoms with van der Waals surface area (Å²) >= 11 is 0. The fourth-order valence-corrected chi connectivity index (χ4v) is 3.98. The SMILES string of the molecule is CCC1C[C@H](C(=O)N2CCCC(CNC)C2)[C@H](C(=O)O)C1. The van der Waals surface area contributed by atoms with Crippen molar-refractivity contribution in [3.63, 3.8) is 0 Å². The number of carbonyl (C=O) groups excluding carboxylic acids is 1. The molecule has 2 fully saturated rings. The second kappa shape index (κ2) is 7.25. The van der Waals surface area contributed by atoms with Crippen LogP contribution >= 0.6 is 0 Å². The van der Waals surface area contributed by atoms with E-state index in [1.807, 2.05) is 11.9 Å². The van der Waals surface area contributed by atoms with E-state index in [-0.39, 0.29) is 11.8 Å². The standard InChI is InChI=1S/C16H28N2O3/c1-3-11-7-13(14(8-11)16(20)21)15(19)18-6-4-5-12(10-18)9-17-2/h11-14,17H,3-10H2,1-2H3,(H,20,21)/t11?,12?,13-,14+/m0/s1. The van der Waals surface area contributed by atoms with Crippen molar-refractivity contribution in [2.45, 2.75) is 39.0 Å². The van der Waals surface area contributed by atoms with Crippen molar-refractivity contribution in [2.75, 3.05) is 26.7 Å². The fourth-order valence-electron chi connectivity index (χ4n) is 3.98. The van der Waals surface area contributed by atoms with E-state index in [0.717, 1.165) is 45.3 Å². The van der Waals surface area contributed by atoms with E-state index in [2.05, 4.69) is 12.2 Å². The van der Waals surface area contributed by atoms with Crippen LogP contribution in [0.1, 0.15) is 39.0 Å². The van der Waals surface area contributed by atoms with Crippen molar-refractivity contribution in [3.05, 3.63) is 0 Å². The Morgan fingerprint density at radius 1 is 1.24 bits per heavy atom. The molecule has 1 saturated carbocycles. The van der Waals surface area contributed by atoms with E-state index in [0.29, 0.717) is 18.3 Å². The minimum absolute atomic E-state index is 0.0825. The summed E-state index contributed by atoms with van der Waals surface area (Å²) in [5.41, 5.74) is 0. The number of rotatable bonds is 5. The van der Waals surface area contributed by atoms with Crippen molar-refractivity contribution in [1.29, 1.82) is 0 Å². The van der Waals surface area contributed by atoms with Crippen molar-refractivity contribution in [2.24, 2.45) is 23.7 Å². The van der Waals surface area contributed by atoms with Crippen LogP contribution in [0.3, 0.4) is 0 Å². The first-order valence-corrected chi connectivity index (χ1v) is 8.23. The average Bonchev–Trinajstić information content (AvgIpc) is 2.91. The molecule has 0 radical (unpaired) electrons. The van der Waals surface area contributed by atoms with Gasteiger partial charge in [-0.2, -0.15) is 0 Å². The van der Waals surface area contributed by atoms with Gasteiger partial charge in [0.25, 0.3) is 0 Å². The topological polar surface area (TPSA) is 69.6 Å². The maximum absolute atomic E-state index is 12.8. The highest BCUT2D eigenvalue weighted by molar-refractivity contribution is 5.85. The Bertz CT molecular complexity index is 384. The third-order valence-electron chi connectivity index (χ3n) is 5.20. The van der Waals surface area contributed by atoms with Crippen LogP contribution in [0.2, 0.25) is 0 Å². The number of nitrogens with zero attached hydrogens (tertiary/aromatic N) is 1. The Balaban J connectivity index is 2.02. The molecule has 0 spiro atoms. The van der Waals surface area contributed by atoms with E-state index in [1.165, 1.54) is 0 Å². The van der Waals surface area contributed by atoms with Crippen molar-refractivity contribution >= 4 is 11.9 Å². The van der Waals surface area contributed by atoms with Gasteiger partial charge in [-0.15, -0.1) is 0 Å². The van der Waals surface area contributed by atoms with Crippen molar-refractivity contribution < 1.29 is 14.7 Å². The summed E-state index contributed by atoms with van der Waals surface area (Å²) in [6.45, 7) is 4.58. The lowest BCUT2D eigenvalue weighted by atomic mass is 9.92. The van der Waals surface area contributed by atoms with E-state index in [9.17, 15) is 14.7 Å². The van der Waals surface area contributed by atoms with Crippen LogP contribution in [0.5, 0.6) is 0 Å². The molecule has 1 heterocycles. The van der Waals surface area contributed by atoms with Crippen molar-refractivity contribution in [1.82, 2.24) is 10.2 Å². The van der Waals surface area contributed by atoms with Crippen LogP contribution in [0.4, 0.5) is 0 Å². The number of amides is 1. The molecule has 2 N–H and O–H groups in total. The highest BCUT2D eigenvalue weighted by Crippen LogP contribution is 2.39. The summed E-state index contributed by atoms with van der Waals surface area (Å²) in [5, 5.41) is 12.6. The summed E-state index contributed by atoms with van der Waals surface area (Å²) in [5.74, 6) is -0.613. The van der Waals surface area contributed by atoms with Crippen molar-refractivity contribution in [3.8, 4) is 0 Å². The zero-order chi connectivity index (χ0) is 15.4. The van der Waals surface area contributed by atoms with Crippen LogP contribution in [0.25, 0.3) is 0 Å². The lowest BCUT2D eigenvalue weighted by Gasteiger charge is -2.35. The second-order valence-electron chi connectivity index (χ2n) is 6.65. The Morgan fingerprint density at radius 3 is 2.57 bits per heavy atom. The molecular weight excluding hydrogens is 268 g/mol. The molecule has 1 amide bonds. The largest absolute Gasteiger partial charge is 0.481 e. The van der Waals surface area contributed by atoms with E-state index in [4.69, 9.17) is 0 Å².